The molecule has 0 saturated carbocycles. The summed E-state index contributed by atoms with van der Waals surface area (Å²) in [4.78, 5) is 0. The van der Waals surface area contributed by atoms with Crippen molar-refractivity contribution in [3.8, 4) is 0 Å². The standard InChI is InChI=1S/C10H22N2O2S/c1-8(2)4-5-15(13,14)12-6-9(3)10(11)7-12/h8-10H,4-7,11H2,1-3H3. The average Bonchev–Trinajstić information content (AvgIpc) is 2.45. The fraction of sp³-hybridized carbons (Fsp3) is 1.00. The lowest BCUT2D eigenvalue weighted by Gasteiger charge is -2.16. The van der Waals surface area contributed by atoms with E-state index in [1.807, 2.05) is 20.8 Å². The Hall–Kier alpha value is -0.130. The van der Waals surface area contributed by atoms with E-state index in [0.29, 0.717) is 19.0 Å². The summed E-state index contributed by atoms with van der Waals surface area (Å²) in [6, 6.07) is -0.00109. The lowest BCUT2D eigenvalue weighted by atomic mass is 10.1. The second-order valence-electron chi connectivity index (χ2n) is 4.96. The van der Waals surface area contributed by atoms with E-state index in [0.717, 1.165) is 6.42 Å². The zero-order valence-corrected chi connectivity index (χ0v) is 10.6. The lowest BCUT2D eigenvalue weighted by Crippen LogP contribution is -2.34. The minimum atomic E-state index is -3.07. The highest BCUT2D eigenvalue weighted by atomic mass is 32.2. The van der Waals surface area contributed by atoms with Gasteiger partial charge < -0.3 is 5.73 Å². The Morgan fingerprint density at radius 3 is 2.40 bits per heavy atom. The van der Waals surface area contributed by atoms with Crippen molar-refractivity contribution in [3.05, 3.63) is 0 Å². The third kappa shape index (κ3) is 3.43. The van der Waals surface area contributed by atoms with Gasteiger partial charge in [0, 0.05) is 19.1 Å². The molecule has 4 nitrogen and oxygen atoms in total. The number of hydrogen-bond donors (Lipinski definition) is 1. The summed E-state index contributed by atoms with van der Waals surface area (Å²) in [6.07, 6.45) is 0.725. The molecule has 0 aliphatic carbocycles. The molecule has 2 unspecified atom stereocenters. The average molecular weight is 234 g/mol. The molecule has 1 heterocycles. The fourth-order valence-corrected chi connectivity index (χ4v) is 3.58. The Kier molecular flexibility index (Phi) is 4.14. The van der Waals surface area contributed by atoms with Crippen LogP contribution < -0.4 is 5.73 Å². The van der Waals surface area contributed by atoms with Crippen LogP contribution in [0, 0.1) is 11.8 Å². The van der Waals surface area contributed by atoms with Crippen molar-refractivity contribution in [2.24, 2.45) is 17.6 Å². The highest BCUT2D eigenvalue weighted by molar-refractivity contribution is 7.89. The Bertz CT molecular complexity index is 291. The van der Waals surface area contributed by atoms with Crippen LogP contribution in [0.2, 0.25) is 0 Å². The van der Waals surface area contributed by atoms with Crippen LogP contribution in [-0.4, -0.2) is 37.6 Å². The van der Waals surface area contributed by atoms with Crippen LogP contribution in [0.4, 0.5) is 0 Å². The number of sulfonamides is 1. The molecule has 0 aromatic rings. The minimum Gasteiger partial charge on any atom is -0.326 e. The van der Waals surface area contributed by atoms with E-state index in [2.05, 4.69) is 0 Å². The molecule has 1 saturated heterocycles. The summed E-state index contributed by atoms with van der Waals surface area (Å²) in [6.45, 7) is 7.15. The van der Waals surface area contributed by atoms with Gasteiger partial charge in [0.25, 0.3) is 0 Å². The smallest absolute Gasteiger partial charge is 0.214 e. The summed E-state index contributed by atoms with van der Waals surface area (Å²) in [5.74, 6) is 0.955. The minimum absolute atomic E-state index is 0.00109. The van der Waals surface area contributed by atoms with Gasteiger partial charge in [-0.05, 0) is 18.3 Å². The van der Waals surface area contributed by atoms with Gasteiger partial charge in [-0.2, -0.15) is 0 Å². The van der Waals surface area contributed by atoms with Crippen molar-refractivity contribution in [2.75, 3.05) is 18.8 Å². The molecule has 0 bridgehead atoms. The van der Waals surface area contributed by atoms with E-state index in [1.165, 1.54) is 0 Å². The number of nitrogens with zero attached hydrogens (tertiary/aromatic N) is 1. The maximum Gasteiger partial charge on any atom is 0.214 e. The Morgan fingerprint density at radius 2 is 2.00 bits per heavy atom. The molecule has 90 valence electrons. The van der Waals surface area contributed by atoms with Crippen molar-refractivity contribution in [1.82, 2.24) is 4.31 Å². The van der Waals surface area contributed by atoms with E-state index in [-0.39, 0.29) is 17.7 Å². The zero-order valence-electron chi connectivity index (χ0n) is 9.81. The summed E-state index contributed by atoms with van der Waals surface area (Å²) in [5.41, 5.74) is 5.82. The summed E-state index contributed by atoms with van der Waals surface area (Å²) < 4.78 is 25.3. The SMILES string of the molecule is CC(C)CCS(=O)(=O)N1CC(C)C(N)C1. The van der Waals surface area contributed by atoms with Crippen LogP contribution in [0.5, 0.6) is 0 Å². The van der Waals surface area contributed by atoms with Crippen LogP contribution >= 0.6 is 0 Å². The summed E-state index contributed by atoms with van der Waals surface area (Å²) in [7, 11) is -3.07. The molecular weight excluding hydrogens is 212 g/mol. The molecule has 5 heteroatoms. The monoisotopic (exact) mass is 234 g/mol. The zero-order chi connectivity index (χ0) is 11.6. The predicted molar refractivity (Wildman–Crippen MR) is 62.0 cm³/mol. The van der Waals surface area contributed by atoms with E-state index < -0.39 is 10.0 Å². The lowest BCUT2D eigenvalue weighted by molar-refractivity contribution is 0.458. The van der Waals surface area contributed by atoms with Crippen molar-refractivity contribution in [2.45, 2.75) is 33.2 Å². The van der Waals surface area contributed by atoms with Crippen LogP contribution in [0.25, 0.3) is 0 Å². The Morgan fingerprint density at radius 1 is 1.40 bits per heavy atom. The molecule has 0 aromatic carbocycles. The maximum absolute atomic E-state index is 11.9. The van der Waals surface area contributed by atoms with Gasteiger partial charge in [-0.25, -0.2) is 12.7 Å². The topological polar surface area (TPSA) is 63.4 Å². The molecule has 2 atom stereocenters. The van der Waals surface area contributed by atoms with Gasteiger partial charge in [0.05, 0.1) is 5.75 Å². The molecule has 0 radical (unpaired) electrons. The molecular formula is C10H22N2O2S. The number of rotatable bonds is 4. The largest absolute Gasteiger partial charge is 0.326 e. The van der Waals surface area contributed by atoms with Crippen molar-refractivity contribution < 1.29 is 8.42 Å². The summed E-state index contributed by atoms with van der Waals surface area (Å²) in [5, 5.41) is 0. The highest BCUT2D eigenvalue weighted by Gasteiger charge is 2.33. The highest BCUT2D eigenvalue weighted by Crippen LogP contribution is 2.19. The molecule has 1 fully saturated rings. The quantitative estimate of drug-likeness (QED) is 0.776. The fourth-order valence-electron chi connectivity index (χ4n) is 1.69. The molecule has 1 aliphatic heterocycles. The van der Waals surface area contributed by atoms with Gasteiger partial charge in [0.15, 0.2) is 0 Å². The third-order valence-corrected chi connectivity index (χ3v) is 4.82. The molecule has 2 N–H and O–H groups in total. The first-order valence-corrected chi connectivity index (χ1v) is 7.17. The van der Waals surface area contributed by atoms with Gasteiger partial charge in [-0.3, -0.25) is 0 Å². The molecule has 1 rings (SSSR count). The molecule has 0 amide bonds. The molecule has 15 heavy (non-hydrogen) atoms. The molecule has 0 spiro atoms. The van der Waals surface area contributed by atoms with Crippen LogP contribution in [0.15, 0.2) is 0 Å². The normalized spacial score (nSPS) is 28.9. The second kappa shape index (κ2) is 4.80. The van der Waals surface area contributed by atoms with Gasteiger partial charge >= 0.3 is 0 Å². The maximum atomic E-state index is 11.9. The first-order chi connectivity index (χ1) is 6.83. The predicted octanol–water partition coefficient (Wildman–Crippen LogP) is 0.641. The van der Waals surface area contributed by atoms with Crippen molar-refractivity contribution in [3.63, 3.8) is 0 Å². The van der Waals surface area contributed by atoms with Gasteiger partial charge in [-0.1, -0.05) is 20.8 Å². The van der Waals surface area contributed by atoms with E-state index >= 15 is 0 Å². The number of hydrogen-bond acceptors (Lipinski definition) is 3. The Labute approximate surface area is 92.9 Å². The number of nitrogens with two attached hydrogens (primary N) is 1. The van der Waals surface area contributed by atoms with Crippen LogP contribution in [0.1, 0.15) is 27.2 Å². The summed E-state index contributed by atoms with van der Waals surface area (Å²) >= 11 is 0. The van der Waals surface area contributed by atoms with Crippen molar-refractivity contribution >= 4 is 10.0 Å². The first-order valence-electron chi connectivity index (χ1n) is 5.56. The van der Waals surface area contributed by atoms with Gasteiger partial charge in [-0.15, -0.1) is 0 Å². The first kappa shape index (κ1) is 12.9. The molecule has 0 aromatic heterocycles. The van der Waals surface area contributed by atoms with E-state index in [4.69, 9.17) is 5.73 Å². The Balaban J connectivity index is 2.56. The van der Waals surface area contributed by atoms with Gasteiger partial charge in [0.2, 0.25) is 10.0 Å². The van der Waals surface area contributed by atoms with Crippen LogP contribution in [-0.2, 0) is 10.0 Å². The van der Waals surface area contributed by atoms with Crippen molar-refractivity contribution in [1.29, 1.82) is 0 Å². The van der Waals surface area contributed by atoms with Gasteiger partial charge in [0.1, 0.15) is 0 Å². The van der Waals surface area contributed by atoms with E-state index in [1.54, 1.807) is 4.31 Å². The van der Waals surface area contributed by atoms with Crippen LogP contribution in [0.3, 0.4) is 0 Å². The second-order valence-corrected chi connectivity index (χ2v) is 7.05. The molecule has 1 aliphatic rings. The third-order valence-electron chi connectivity index (χ3n) is 2.98. The van der Waals surface area contributed by atoms with E-state index in [9.17, 15) is 8.42 Å².